The summed E-state index contributed by atoms with van der Waals surface area (Å²) in [5, 5.41) is 6.11. The average molecular weight is 316 g/mol. The Morgan fingerprint density at radius 2 is 2.00 bits per heavy atom. The van der Waals surface area contributed by atoms with Crippen LogP contribution in [-0.2, 0) is 17.6 Å². The van der Waals surface area contributed by atoms with Gasteiger partial charge in [-0.25, -0.2) is 4.98 Å². The monoisotopic (exact) mass is 316 g/mol. The predicted octanol–water partition coefficient (Wildman–Crippen LogP) is 3.75. The van der Waals surface area contributed by atoms with Crippen molar-refractivity contribution in [3.05, 3.63) is 51.0 Å². The smallest absolute Gasteiger partial charge is 0.220 e. The van der Waals surface area contributed by atoms with Crippen molar-refractivity contribution in [1.29, 1.82) is 0 Å². The van der Waals surface area contributed by atoms with Gasteiger partial charge in [0.15, 0.2) is 0 Å². The maximum atomic E-state index is 11.8. The van der Waals surface area contributed by atoms with Gasteiger partial charge >= 0.3 is 0 Å². The van der Waals surface area contributed by atoms with Crippen LogP contribution < -0.4 is 5.32 Å². The summed E-state index contributed by atoms with van der Waals surface area (Å²) in [5.41, 5.74) is 5.02. The molecule has 1 aromatic heterocycles. The van der Waals surface area contributed by atoms with Crippen LogP contribution in [0.3, 0.4) is 0 Å². The van der Waals surface area contributed by atoms with Gasteiger partial charge in [0.1, 0.15) is 0 Å². The van der Waals surface area contributed by atoms with Crippen LogP contribution in [0, 0.1) is 20.8 Å². The summed E-state index contributed by atoms with van der Waals surface area (Å²) in [6.45, 7) is 6.92. The van der Waals surface area contributed by atoms with Gasteiger partial charge in [-0.2, -0.15) is 0 Å². The molecular weight excluding hydrogens is 292 g/mol. The minimum Gasteiger partial charge on any atom is -0.356 e. The standard InChI is InChI=1S/C18H24N2OS/c1-13-7-8-16(11-14(13)2)5-4-6-18(21)19-10-9-17-12-22-15(3)20-17/h7-8,11-12H,4-6,9-10H2,1-3H3,(H,19,21). The van der Waals surface area contributed by atoms with Crippen molar-refractivity contribution in [2.24, 2.45) is 0 Å². The molecule has 0 saturated heterocycles. The van der Waals surface area contributed by atoms with Gasteiger partial charge in [0.05, 0.1) is 10.7 Å². The molecule has 0 spiro atoms. The summed E-state index contributed by atoms with van der Waals surface area (Å²) < 4.78 is 0. The maximum Gasteiger partial charge on any atom is 0.220 e. The summed E-state index contributed by atoms with van der Waals surface area (Å²) in [7, 11) is 0. The SMILES string of the molecule is Cc1nc(CCNC(=O)CCCc2ccc(C)c(C)c2)cs1. The van der Waals surface area contributed by atoms with E-state index >= 15 is 0 Å². The molecule has 0 aliphatic carbocycles. The molecule has 0 bridgehead atoms. The number of hydrogen-bond donors (Lipinski definition) is 1. The van der Waals surface area contributed by atoms with Crippen molar-refractivity contribution >= 4 is 17.2 Å². The van der Waals surface area contributed by atoms with Crippen LogP contribution in [0.15, 0.2) is 23.6 Å². The second kappa shape index (κ2) is 8.08. The molecule has 2 aromatic rings. The van der Waals surface area contributed by atoms with Crippen molar-refractivity contribution < 1.29 is 4.79 Å². The predicted molar refractivity (Wildman–Crippen MR) is 92.4 cm³/mol. The fraction of sp³-hybridized carbons (Fsp3) is 0.444. The molecule has 0 saturated carbocycles. The van der Waals surface area contributed by atoms with Crippen molar-refractivity contribution in [2.75, 3.05) is 6.54 Å². The van der Waals surface area contributed by atoms with E-state index < -0.39 is 0 Å². The molecule has 1 heterocycles. The number of thiazole rings is 1. The summed E-state index contributed by atoms with van der Waals surface area (Å²) in [6.07, 6.45) is 3.25. The van der Waals surface area contributed by atoms with E-state index in [2.05, 4.69) is 47.7 Å². The molecule has 2 rings (SSSR count). The number of nitrogens with one attached hydrogen (secondary N) is 1. The Kier molecular flexibility index (Phi) is 6.13. The van der Waals surface area contributed by atoms with E-state index in [1.165, 1.54) is 16.7 Å². The third kappa shape index (κ3) is 5.26. The van der Waals surface area contributed by atoms with Crippen molar-refractivity contribution in [1.82, 2.24) is 10.3 Å². The topological polar surface area (TPSA) is 42.0 Å². The van der Waals surface area contributed by atoms with Crippen molar-refractivity contribution in [3.63, 3.8) is 0 Å². The first kappa shape index (κ1) is 16.7. The Hall–Kier alpha value is -1.68. The molecule has 0 radical (unpaired) electrons. The number of carbonyl (C=O) groups is 1. The minimum atomic E-state index is 0.135. The number of benzene rings is 1. The average Bonchev–Trinajstić information content (AvgIpc) is 2.88. The Morgan fingerprint density at radius 1 is 1.18 bits per heavy atom. The molecule has 0 aliphatic rings. The molecule has 1 amide bonds. The zero-order valence-corrected chi connectivity index (χ0v) is 14.4. The van der Waals surface area contributed by atoms with Crippen LogP contribution in [0.4, 0.5) is 0 Å². The maximum absolute atomic E-state index is 11.8. The number of aromatic nitrogens is 1. The van der Waals surface area contributed by atoms with Gasteiger partial charge < -0.3 is 5.32 Å². The molecule has 0 aliphatic heterocycles. The molecule has 3 nitrogen and oxygen atoms in total. The molecule has 0 fully saturated rings. The molecule has 0 atom stereocenters. The van der Waals surface area contributed by atoms with Gasteiger partial charge in [0, 0.05) is 24.8 Å². The number of amides is 1. The van der Waals surface area contributed by atoms with Gasteiger partial charge in [0.25, 0.3) is 0 Å². The summed E-state index contributed by atoms with van der Waals surface area (Å²) in [6, 6.07) is 6.53. The Labute approximate surface area is 136 Å². The normalized spacial score (nSPS) is 10.7. The quantitative estimate of drug-likeness (QED) is 0.845. The van der Waals surface area contributed by atoms with Crippen molar-refractivity contribution in [3.8, 4) is 0 Å². The Morgan fingerprint density at radius 3 is 2.68 bits per heavy atom. The molecule has 4 heteroatoms. The van der Waals surface area contributed by atoms with E-state index in [-0.39, 0.29) is 5.91 Å². The van der Waals surface area contributed by atoms with Gasteiger partial charge in [-0.3, -0.25) is 4.79 Å². The zero-order valence-electron chi connectivity index (χ0n) is 13.6. The number of hydrogen-bond acceptors (Lipinski definition) is 3. The zero-order chi connectivity index (χ0) is 15.9. The van der Waals surface area contributed by atoms with Crippen LogP contribution in [-0.4, -0.2) is 17.4 Å². The molecule has 22 heavy (non-hydrogen) atoms. The molecule has 1 aromatic carbocycles. The summed E-state index contributed by atoms with van der Waals surface area (Å²) in [5.74, 6) is 0.135. The number of aryl methyl sites for hydroxylation is 4. The Balaban J connectivity index is 1.64. The lowest BCUT2D eigenvalue weighted by Gasteiger charge is -2.06. The van der Waals surface area contributed by atoms with Gasteiger partial charge in [-0.15, -0.1) is 11.3 Å². The number of nitrogens with zero attached hydrogens (tertiary/aromatic N) is 1. The lowest BCUT2D eigenvalue weighted by Crippen LogP contribution is -2.25. The summed E-state index contributed by atoms with van der Waals surface area (Å²) >= 11 is 1.65. The van der Waals surface area contributed by atoms with Gasteiger partial charge in [-0.1, -0.05) is 18.2 Å². The van der Waals surface area contributed by atoms with E-state index in [4.69, 9.17) is 0 Å². The fourth-order valence-electron chi connectivity index (χ4n) is 2.35. The third-order valence-corrected chi connectivity index (χ3v) is 4.63. The van der Waals surface area contributed by atoms with E-state index in [1.807, 2.05) is 6.92 Å². The first-order valence-electron chi connectivity index (χ1n) is 7.78. The van der Waals surface area contributed by atoms with Crippen LogP contribution >= 0.6 is 11.3 Å². The third-order valence-electron chi connectivity index (χ3n) is 3.81. The van der Waals surface area contributed by atoms with Crippen molar-refractivity contribution in [2.45, 2.75) is 46.5 Å². The van der Waals surface area contributed by atoms with Crippen LogP contribution in [0.25, 0.3) is 0 Å². The summed E-state index contributed by atoms with van der Waals surface area (Å²) in [4.78, 5) is 16.2. The first-order valence-corrected chi connectivity index (χ1v) is 8.66. The molecule has 1 N–H and O–H groups in total. The van der Waals surface area contributed by atoms with E-state index in [0.29, 0.717) is 13.0 Å². The highest BCUT2D eigenvalue weighted by molar-refractivity contribution is 7.09. The van der Waals surface area contributed by atoms with E-state index in [0.717, 1.165) is 30.0 Å². The van der Waals surface area contributed by atoms with Gasteiger partial charge in [0.2, 0.25) is 5.91 Å². The fourth-order valence-corrected chi connectivity index (χ4v) is 3.00. The highest BCUT2D eigenvalue weighted by Gasteiger charge is 2.03. The highest BCUT2D eigenvalue weighted by Crippen LogP contribution is 2.12. The van der Waals surface area contributed by atoms with Crippen LogP contribution in [0.5, 0.6) is 0 Å². The molecular formula is C18H24N2OS. The van der Waals surface area contributed by atoms with Gasteiger partial charge in [-0.05, 0) is 50.3 Å². The Bertz CT molecular complexity index is 634. The lowest BCUT2D eigenvalue weighted by molar-refractivity contribution is -0.121. The van der Waals surface area contributed by atoms with E-state index in [9.17, 15) is 4.79 Å². The number of carbonyl (C=O) groups excluding carboxylic acids is 1. The largest absolute Gasteiger partial charge is 0.356 e. The second-order valence-electron chi connectivity index (χ2n) is 5.73. The first-order chi connectivity index (χ1) is 10.5. The number of rotatable bonds is 7. The molecule has 118 valence electrons. The van der Waals surface area contributed by atoms with Crippen LogP contribution in [0.2, 0.25) is 0 Å². The highest BCUT2D eigenvalue weighted by atomic mass is 32.1. The molecule has 0 unspecified atom stereocenters. The minimum absolute atomic E-state index is 0.135. The van der Waals surface area contributed by atoms with Crippen LogP contribution in [0.1, 0.15) is 40.2 Å². The second-order valence-corrected chi connectivity index (χ2v) is 6.79. The lowest BCUT2D eigenvalue weighted by atomic mass is 10.0. The van der Waals surface area contributed by atoms with E-state index in [1.54, 1.807) is 11.3 Å².